The molecule has 1 saturated heterocycles. The predicted octanol–water partition coefficient (Wildman–Crippen LogP) is 1.97. The monoisotopic (exact) mass is 225 g/mol. The fourth-order valence-corrected chi connectivity index (χ4v) is 2.49. The maximum absolute atomic E-state index is 11.9. The van der Waals surface area contributed by atoms with Crippen molar-refractivity contribution in [2.75, 3.05) is 6.54 Å². The number of likely N-dealkylation sites (tertiary alicyclic amines) is 1. The molecular formula is C12H19NO3. The van der Waals surface area contributed by atoms with E-state index >= 15 is 0 Å². The lowest BCUT2D eigenvalue weighted by Gasteiger charge is -2.33. The Hall–Kier alpha value is -1.06. The standard InChI is InChI=1S/C12H19NO3/c1-12(2,3)16-11(15)13-5-4-8-6-9(13)10(14)7-8/h8-9H,4-7H2,1-3H3/t8-,9+/m0/s1. The lowest BCUT2D eigenvalue weighted by atomic mass is 10.00. The third-order valence-corrected chi connectivity index (χ3v) is 3.20. The molecule has 0 aromatic heterocycles. The molecule has 4 heteroatoms. The van der Waals surface area contributed by atoms with Gasteiger partial charge in [0.1, 0.15) is 5.60 Å². The van der Waals surface area contributed by atoms with Crippen molar-refractivity contribution < 1.29 is 14.3 Å². The molecule has 0 N–H and O–H groups in total. The Bertz CT molecular complexity index is 319. The molecule has 2 bridgehead atoms. The third kappa shape index (κ3) is 2.20. The molecule has 2 fully saturated rings. The van der Waals surface area contributed by atoms with E-state index < -0.39 is 5.60 Å². The van der Waals surface area contributed by atoms with E-state index in [1.165, 1.54) is 0 Å². The second-order valence-corrected chi connectivity index (χ2v) is 5.75. The highest BCUT2D eigenvalue weighted by Gasteiger charge is 2.43. The van der Waals surface area contributed by atoms with Crippen LogP contribution in [-0.4, -0.2) is 35.0 Å². The summed E-state index contributed by atoms with van der Waals surface area (Å²) in [6.07, 6.45) is 2.06. The summed E-state index contributed by atoms with van der Waals surface area (Å²) in [4.78, 5) is 25.2. The van der Waals surface area contributed by atoms with Gasteiger partial charge in [0.15, 0.2) is 5.78 Å². The van der Waals surface area contributed by atoms with Crippen molar-refractivity contribution in [1.29, 1.82) is 0 Å². The zero-order chi connectivity index (χ0) is 11.9. The van der Waals surface area contributed by atoms with Gasteiger partial charge in [0.05, 0.1) is 6.04 Å². The largest absolute Gasteiger partial charge is 0.444 e. The minimum Gasteiger partial charge on any atom is -0.444 e. The number of piperidine rings is 1. The second kappa shape index (κ2) is 3.75. The fraction of sp³-hybridized carbons (Fsp3) is 0.833. The zero-order valence-corrected chi connectivity index (χ0v) is 10.2. The van der Waals surface area contributed by atoms with E-state index in [0.717, 1.165) is 12.8 Å². The van der Waals surface area contributed by atoms with Crippen LogP contribution in [0, 0.1) is 5.92 Å². The van der Waals surface area contributed by atoms with Gasteiger partial charge in [-0.15, -0.1) is 0 Å². The number of carbonyl (C=O) groups is 2. The lowest BCUT2D eigenvalue weighted by Crippen LogP contribution is -2.47. The van der Waals surface area contributed by atoms with E-state index in [9.17, 15) is 9.59 Å². The third-order valence-electron chi connectivity index (χ3n) is 3.20. The summed E-state index contributed by atoms with van der Waals surface area (Å²) in [7, 11) is 0. The molecule has 4 nitrogen and oxygen atoms in total. The van der Waals surface area contributed by atoms with Crippen molar-refractivity contribution in [1.82, 2.24) is 4.90 Å². The Balaban J connectivity index is 2.04. The van der Waals surface area contributed by atoms with Gasteiger partial charge < -0.3 is 4.74 Å². The van der Waals surface area contributed by atoms with E-state index in [0.29, 0.717) is 18.9 Å². The predicted molar refractivity (Wildman–Crippen MR) is 59.1 cm³/mol. The molecule has 0 aromatic rings. The quantitative estimate of drug-likeness (QED) is 0.633. The molecule has 1 saturated carbocycles. The van der Waals surface area contributed by atoms with Gasteiger partial charge in [-0.25, -0.2) is 4.79 Å². The Labute approximate surface area is 95.9 Å². The molecule has 2 rings (SSSR count). The highest BCUT2D eigenvalue weighted by Crippen LogP contribution is 2.34. The number of hydrogen-bond donors (Lipinski definition) is 0. The Morgan fingerprint density at radius 2 is 2.12 bits per heavy atom. The average Bonchev–Trinajstić information content (AvgIpc) is 2.40. The first kappa shape index (κ1) is 11.4. The summed E-state index contributed by atoms with van der Waals surface area (Å²) < 4.78 is 5.31. The van der Waals surface area contributed by atoms with Crippen LogP contribution < -0.4 is 0 Å². The zero-order valence-electron chi connectivity index (χ0n) is 10.2. The van der Waals surface area contributed by atoms with E-state index in [4.69, 9.17) is 4.74 Å². The number of fused-ring (bicyclic) bond motifs is 2. The van der Waals surface area contributed by atoms with Crippen LogP contribution in [-0.2, 0) is 9.53 Å². The van der Waals surface area contributed by atoms with Gasteiger partial charge in [0.2, 0.25) is 0 Å². The van der Waals surface area contributed by atoms with E-state index in [-0.39, 0.29) is 17.9 Å². The van der Waals surface area contributed by atoms with Crippen LogP contribution in [0.2, 0.25) is 0 Å². The molecule has 0 unspecified atom stereocenters. The van der Waals surface area contributed by atoms with Crippen LogP contribution >= 0.6 is 0 Å². The summed E-state index contributed by atoms with van der Waals surface area (Å²) in [5.41, 5.74) is -0.490. The summed E-state index contributed by atoms with van der Waals surface area (Å²) in [5.74, 6) is 0.699. The fourth-order valence-electron chi connectivity index (χ4n) is 2.49. The van der Waals surface area contributed by atoms with E-state index in [2.05, 4.69) is 0 Å². The van der Waals surface area contributed by atoms with Crippen molar-refractivity contribution in [3.8, 4) is 0 Å². The number of carbonyl (C=O) groups excluding carboxylic acids is 2. The molecule has 1 aliphatic carbocycles. The SMILES string of the molecule is CC(C)(C)OC(=O)N1CC[C@@H]2CC(=O)[C@H]1C2. The number of nitrogens with zero attached hydrogens (tertiary/aromatic N) is 1. The van der Waals surface area contributed by atoms with Crippen molar-refractivity contribution in [3.63, 3.8) is 0 Å². The number of amides is 1. The first-order valence-corrected chi connectivity index (χ1v) is 5.89. The molecular weight excluding hydrogens is 206 g/mol. The van der Waals surface area contributed by atoms with Crippen molar-refractivity contribution >= 4 is 11.9 Å². The molecule has 90 valence electrons. The second-order valence-electron chi connectivity index (χ2n) is 5.75. The van der Waals surface area contributed by atoms with Crippen molar-refractivity contribution in [3.05, 3.63) is 0 Å². The normalized spacial score (nSPS) is 29.4. The molecule has 1 amide bonds. The minimum atomic E-state index is -0.490. The molecule has 2 aliphatic rings. The number of rotatable bonds is 0. The topological polar surface area (TPSA) is 46.6 Å². The number of ketones is 1. The van der Waals surface area contributed by atoms with Gasteiger partial charge in [-0.05, 0) is 39.5 Å². The number of ether oxygens (including phenoxy) is 1. The average molecular weight is 225 g/mol. The lowest BCUT2D eigenvalue weighted by molar-refractivity contribution is -0.121. The van der Waals surface area contributed by atoms with Gasteiger partial charge in [-0.3, -0.25) is 9.69 Å². The summed E-state index contributed by atoms with van der Waals surface area (Å²) >= 11 is 0. The van der Waals surface area contributed by atoms with Crippen LogP contribution in [0.3, 0.4) is 0 Å². The van der Waals surface area contributed by atoms with Gasteiger partial charge >= 0.3 is 6.09 Å². The maximum Gasteiger partial charge on any atom is 0.410 e. The summed E-state index contributed by atoms with van der Waals surface area (Å²) in [6.45, 7) is 6.19. The summed E-state index contributed by atoms with van der Waals surface area (Å²) in [5, 5.41) is 0. The van der Waals surface area contributed by atoms with Crippen LogP contribution in [0.4, 0.5) is 4.79 Å². The molecule has 1 heterocycles. The Morgan fingerprint density at radius 3 is 2.75 bits per heavy atom. The smallest absolute Gasteiger partial charge is 0.410 e. The first-order chi connectivity index (χ1) is 7.37. The Morgan fingerprint density at radius 1 is 1.44 bits per heavy atom. The molecule has 0 aromatic carbocycles. The van der Waals surface area contributed by atoms with Gasteiger partial charge in [-0.1, -0.05) is 0 Å². The molecule has 1 aliphatic heterocycles. The molecule has 16 heavy (non-hydrogen) atoms. The van der Waals surface area contributed by atoms with Crippen LogP contribution in [0.15, 0.2) is 0 Å². The van der Waals surface area contributed by atoms with Crippen molar-refractivity contribution in [2.24, 2.45) is 5.92 Å². The van der Waals surface area contributed by atoms with Crippen LogP contribution in [0.25, 0.3) is 0 Å². The molecule has 0 radical (unpaired) electrons. The van der Waals surface area contributed by atoms with Crippen LogP contribution in [0.5, 0.6) is 0 Å². The minimum absolute atomic E-state index is 0.202. The number of Topliss-reactive ketones (excluding diaryl/α,β-unsaturated/α-hetero) is 1. The van der Waals surface area contributed by atoms with Gasteiger partial charge in [0.25, 0.3) is 0 Å². The number of hydrogen-bond acceptors (Lipinski definition) is 3. The first-order valence-electron chi connectivity index (χ1n) is 5.89. The highest BCUT2D eigenvalue weighted by atomic mass is 16.6. The van der Waals surface area contributed by atoms with Crippen molar-refractivity contribution in [2.45, 2.75) is 51.7 Å². The summed E-state index contributed by atoms with van der Waals surface area (Å²) in [6, 6.07) is -0.214. The van der Waals surface area contributed by atoms with Gasteiger partial charge in [-0.2, -0.15) is 0 Å². The Kier molecular flexibility index (Phi) is 2.68. The van der Waals surface area contributed by atoms with E-state index in [1.54, 1.807) is 4.90 Å². The van der Waals surface area contributed by atoms with E-state index in [1.807, 2.05) is 20.8 Å². The highest BCUT2D eigenvalue weighted by molar-refractivity contribution is 5.90. The molecule has 0 spiro atoms. The van der Waals surface area contributed by atoms with Crippen LogP contribution in [0.1, 0.15) is 40.0 Å². The van der Waals surface area contributed by atoms with Gasteiger partial charge in [0, 0.05) is 13.0 Å². The maximum atomic E-state index is 11.9. The molecule has 2 atom stereocenters.